The highest BCUT2D eigenvalue weighted by Gasteiger charge is 2.13. The molecule has 0 atom stereocenters. The zero-order valence-electron chi connectivity index (χ0n) is 26.0. The molecule has 0 saturated heterocycles. The van der Waals surface area contributed by atoms with Gasteiger partial charge in [0.2, 0.25) is 0 Å². The van der Waals surface area contributed by atoms with Crippen molar-refractivity contribution in [3.63, 3.8) is 0 Å². The molecular weight excluding hydrogens is 508 g/mol. The van der Waals surface area contributed by atoms with Crippen molar-refractivity contribution < 1.29 is 8.42 Å². The second-order valence-corrected chi connectivity index (χ2v) is 13.1. The Morgan fingerprint density at radius 1 is 0.400 bits per heavy atom. The van der Waals surface area contributed by atoms with Gasteiger partial charge in [0.1, 0.15) is 0 Å². The Hall–Kier alpha value is -3.17. The van der Waals surface area contributed by atoms with Crippen molar-refractivity contribution in [2.24, 2.45) is 0 Å². The molecule has 0 aromatic heterocycles. The summed E-state index contributed by atoms with van der Waals surface area (Å²) in [5.74, 6) is 2.22. The summed E-state index contributed by atoms with van der Waals surface area (Å²) < 4.78 is 22.7. The Morgan fingerprint density at radius 3 is 0.875 bits per heavy atom. The summed E-state index contributed by atoms with van der Waals surface area (Å²) in [6, 6.07) is 38.7. The van der Waals surface area contributed by atoms with E-state index >= 15 is 0 Å². The summed E-state index contributed by atoms with van der Waals surface area (Å²) >= 11 is 0. The van der Waals surface area contributed by atoms with Crippen LogP contribution in [0.25, 0.3) is 0 Å². The van der Waals surface area contributed by atoms with Crippen molar-refractivity contribution in [1.29, 1.82) is 0 Å². The van der Waals surface area contributed by atoms with Crippen molar-refractivity contribution >= 4 is 9.84 Å². The molecule has 216 valence electrons. The Labute approximate surface area is 245 Å². The van der Waals surface area contributed by atoms with Crippen LogP contribution >= 0.6 is 0 Å². The molecule has 0 bridgehead atoms. The summed E-state index contributed by atoms with van der Waals surface area (Å²) in [5, 5.41) is 0. The number of hydrogen-bond donors (Lipinski definition) is 0. The van der Waals surface area contributed by atoms with E-state index in [0.717, 1.165) is 5.56 Å². The van der Waals surface area contributed by atoms with Crippen LogP contribution in [0, 0.1) is 0 Å². The quantitative estimate of drug-likeness (QED) is 0.244. The third kappa shape index (κ3) is 13.8. The van der Waals surface area contributed by atoms with Gasteiger partial charge in [-0.2, -0.15) is 0 Å². The highest BCUT2D eigenvalue weighted by atomic mass is 32.2. The summed E-state index contributed by atoms with van der Waals surface area (Å²) in [6.07, 6.45) is 1.24. The van der Waals surface area contributed by atoms with Crippen LogP contribution in [0.1, 0.15) is 101 Å². The molecule has 0 amide bonds. The normalized spacial score (nSPS) is 10.7. The average molecular weight is 559 g/mol. The van der Waals surface area contributed by atoms with Crippen LogP contribution in [-0.2, 0) is 9.84 Å². The maximum absolute atomic E-state index is 11.4. The minimum atomic E-state index is -3.08. The fraction of sp³-hybridized carbons (Fsp3) is 0.351. The lowest BCUT2D eigenvalue weighted by Crippen LogP contribution is -2.03. The van der Waals surface area contributed by atoms with E-state index in [9.17, 15) is 8.42 Å². The van der Waals surface area contributed by atoms with Crippen LogP contribution in [0.5, 0.6) is 0 Å². The van der Waals surface area contributed by atoms with E-state index < -0.39 is 9.84 Å². The predicted molar refractivity (Wildman–Crippen MR) is 175 cm³/mol. The fourth-order valence-electron chi connectivity index (χ4n) is 3.81. The molecule has 0 aliphatic heterocycles. The van der Waals surface area contributed by atoms with Crippen molar-refractivity contribution in [2.75, 3.05) is 6.26 Å². The molecule has 4 aromatic rings. The maximum atomic E-state index is 11.4. The zero-order chi connectivity index (χ0) is 30.1. The number of hydrogen-bond acceptors (Lipinski definition) is 2. The first kappa shape index (κ1) is 34.9. The van der Waals surface area contributed by atoms with Gasteiger partial charge in [0.25, 0.3) is 0 Å². The molecule has 2 nitrogen and oxygen atoms in total. The first-order chi connectivity index (χ1) is 18.8. The van der Waals surface area contributed by atoms with Gasteiger partial charge < -0.3 is 0 Å². The smallest absolute Gasteiger partial charge is 0.175 e. The van der Waals surface area contributed by atoms with Crippen molar-refractivity contribution in [2.45, 2.75) is 84.0 Å². The zero-order valence-corrected chi connectivity index (χ0v) is 26.8. The molecule has 40 heavy (non-hydrogen) atoms. The van der Waals surface area contributed by atoms with Gasteiger partial charge in [0.15, 0.2) is 9.84 Å². The van der Waals surface area contributed by atoms with Gasteiger partial charge in [-0.1, -0.05) is 165 Å². The molecule has 0 heterocycles. The topological polar surface area (TPSA) is 34.1 Å². The second kappa shape index (κ2) is 18.2. The summed E-state index contributed by atoms with van der Waals surface area (Å²) in [5.41, 5.74) is 5.14. The average Bonchev–Trinajstić information content (AvgIpc) is 2.95. The van der Waals surface area contributed by atoms with Crippen molar-refractivity contribution in [3.05, 3.63) is 138 Å². The lowest BCUT2D eigenvalue weighted by atomic mass is 10.0. The minimum absolute atomic E-state index is 0.242. The Bertz CT molecular complexity index is 1190. The Morgan fingerprint density at radius 2 is 0.675 bits per heavy atom. The molecule has 4 aromatic carbocycles. The largest absolute Gasteiger partial charge is 0.224 e. The molecule has 4 rings (SSSR count). The highest BCUT2D eigenvalue weighted by Crippen LogP contribution is 2.23. The van der Waals surface area contributed by atoms with Crippen LogP contribution in [-0.4, -0.2) is 14.7 Å². The maximum Gasteiger partial charge on any atom is 0.175 e. The van der Waals surface area contributed by atoms with Crippen LogP contribution in [0.2, 0.25) is 0 Å². The van der Waals surface area contributed by atoms with E-state index in [1.54, 1.807) is 12.1 Å². The van der Waals surface area contributed by atoms with Gasteiger partial charge in [-0.05, 0) is 52.0 Å². The second-order valence-electron chi connectivity index (χ2n) is 11.2. The highest BCUT2D eigenvalue weighted by molar-refractivity contribution is 7.90. The van der Waals surface area contributed by atoms with E-state index in [4.69, 9.17) is 0 Å². The molecule has 0 radical (unpaired) electrons. The lowest BCUT2D eigenvalue weighted by Gasteiger charge is -2.10. The van der Waals surface area contributed by atoms with E-state index in [1.165, 1.54) is 22.9 Å². The standard InChI is InChI=1S/C10H14O2S.3C9H12/c1-8(2)9-6-4-5-7-10(9)13(3,11)12;3*1-8(2)9-6-4-3-5-7-9/h4-8H,1-3H3;3*3-8H,1-2H3. The molecule has 0 aliphatic carbocycles. The summed E-state index contributed by atoms with van der Waals surface area (Å²) in [4.78, 5) is 0.449. The number of benzene rings is 4. The van der Waals surface area contributed by atoms with Crippen LogP contribution in [0.3, 0.4) is 0 Å². The third-order valence-corrected chi connectivity index (χ3v) is 7.51. The number of sulfone groups is 1. The first-order valence-corrected chi connectivity index (χ1v) is 16.2. The molecular formula is C37H50O2S. The summed E-state index contributed by atoms with van der Waals surface area (Å²) in [6.45, 7) is 17.2. The van der Waals surface area contributed by atoms with Gasteiger partial charge >= 0.3 is 0 Å². The molecule has 0 aliphatic rings. The molecule has 0 fully saturated rings. The van der Waals surface area contributed by atoms with E-state index in [0.29, 0.717) is 22.6 Å². The van der Waals surface area contributed by atoms with Gasteiger partial charge in [-0.3, -0.25) is 0 Å². The van der Waals surface area contributed by atoms with Gasteiger partial charge in [-0.25, -0.2) is 8.42 Å². The Kier molecular flexibility index (Phi) is 15.9. The van der Waals surface area contributed by atoms with Gasteiger partial charge in [-0.15, -0.1) is 0 Å². The monoisotopic (exact) mass is 558 g/mol. The fourth-order valence-corrected chi connectivity index (χ4v) is 4.87. The first-order valence-electron chi connectivity index (χ1n) is 14.3. The van der Waals surface area contributed by atoms with Crippen LogP contribution in [0.4, 0.5) is 0 Å². The Balaban J connectivity index is 0.000000270. The predicted octanol–water partition coefficient (Wildman–Crippen LogP) is 10.6. The minimum Gasteiger partial charge on any atom is -0.224 e. The van der Waals surface area contributed by atoms with Crippen molar-refractivity contribution in [1.82, 2.24) is 0 Å². The van der Waals surface area contributed by atoms with Crippen LogP contribution in [0.15, 0.2) is 120 Å². The van der Waals surface area contributed by atoms with E-state index in [1.807, 2.05) is 44.2 Å². The molecule has 3 heteroatoms. The lowest BCUT2D eigenvalue weighted by molar-refractivity contribution is 0.599. The molecule has 0 N–H and O–H groups in total. The third-order valence-electron chi connectivity index (χ3n) is 6.34. The number of rotatable bonds is 5. The molecule has 0 saturated carbocycles. The molecule has 0 unspecified atom stereocenters. The summed E-state index contributed by atoms with van der Waals surface area (Å²) in [7, 11) is -3.08. The molecule has 0 spiro atoms. The van der Waals surface area contributed by atoms with Gasteiger partial charge in [0, 0.05) is 6.26 Å². The van der Waals surface area contributed by atoms with Crippen LogP contribution < -0.4 is 0 Å². The van der Waals surface area contributed by atoms with E-state index in [2.05, 4.69) is 114 Å². The SMILES string of the molecule is CC(C)c1ccccc1.CC(C)c1ccccc1.CC(C)c1ccccc1.CC(C)c1ccccc1S(C)(=O)=O. The van der Waals surface area contributed by atoms with Crippen molar-refractivity contribution in [3.8, 4) is 0 Å². The van der Waals surface area contributed by atoms with Gasteiger partial charge in [0.05, 0.1) is 4.90 Å². The van der Waals surface area contributed by atoms with E-state index in [-0.39, 0.29) is 5.92 Å².